The molecule has 0 saturated carbocycles. The van der Waals surface area contributed by atoms with Gasteiger partial charge in [-0.15, -0.1) is 0 Å². The van der Waals surface area contributed by atoms with Crippen LogP contribution in [0.1, 0.15) is 22.3 Å². The van der Waals surface area contributed by atoms with E-state index >= 15 is 0 Å². The second kappa shape index (κ2) is 8.19. The molecule has 120 valence electrons. The van der Waals surface area contributed by atoms with Gasteiger partial charge < -0.3 is 4.74 Å². The lowest BCUT2D eigenvalue weighted by molar-refractivity contribution is -0.121. The van der Waals surface area contributed by atoms with Gasteiger partial charge in [-0.3, -0.25) is 20.4 Å². The fraction of sp³-hybridized carbons (Fsp3) is 0.176. The summed E-state index contributed by atoms with van der Waals surface area (Å²) in [5.74, 6) is 0.00786. The molecule has 0 spiro atoms. The Morgan fingerprint density at radius 3 is 2.61 bits per heavy atom. The van der Waals surface area contributed by atoms with Gasteiger partial charge in [-0.05, 0) is 36.2 Å². The topological polar surface area (TPSA) is 67.4 Å². The first-order valence-electron chi connectivity index (χ1n) is 7.07. The summed E-state index contributed by atoms with van der Waals surface area (Å²) in [5.41, 5.74) is 6.02. The standard InChI is InChI=1S/C17H17ClN2O3/c1-23-13-6-4-5-12(11-13)9-10-16(21)19-20-17(22)14-7-2-3-8-15(14)18/h2-8,11H,9-10H2,1H3,(H,19,21)(H,20,22). The molecule has 0 fully saturated rings. The quantitative estimate of drug-likeness (QED) is 0.827. The van der Waals surface area contributed by atoms with Crippen LogP contribution >= 0.6 is 11.6 Å². The minimum atomic E-state index is -0.453. The molecule has 2 aromatic carbocycles. The van der Waals surface area contributed by atoms with Crippen LogP contribution in [0, 0.1) is 0 Å². The highest BCUT2D eigenvalue weighted by Crippen LogP contribution is 2.15. The lowest BCUT2D eigenvalue weighted by Gasteiger charge is -2.09. The highest BCUT2D eigenvalue weighted by atomic mass is 35.5. The maximum absolute atomic E-state index is 11.9. The Kier molecular flexibility index (Phi) is 6.00. The van der Waals surface area contributed by atoms with Crippen LogP contribution in [-0.2, 0) is 11.2 Å². The molecule has 0 aliphatic heterocycles. The van der Waals surface area contributed by atoms with Crippen LogP contribution in [0.25, 0.3) is 0 Å². The first-order valence-corrected chi connectivity index (χ1v) is 7.44. The van der Waals surface area contributed by atoms with E-state index < -0.39 is 5.91 Å². The summed E-state index contributed by atoms with van der Waals surface area (Å²) >= 11 is 5.92. The van der Waals surface area contributed by atoms with E-state index in [-0.39, 0.29) is 12.3 Å². The molecule has 0 atom stereocenters. The van der Waals surface area contributed by atoms with Crippen molar-refractivity contribution in [3.8, 4) is 5.75 Å². The molecule has 2 aromatic rings. The van der Waals surface area contributed by atoms with Gasteiger partial charge in [0.15, 0.2) is 0 Å². The van der Waals surface area contributed by atoms with Crippen LogP contribution in [-0.4, -0.2) is 18.9 Å². The predicted octanol–water partition coefficient (Wildman–Crippen LogP) is 2.74. The van der Waals surface area contributed by atoms with Gasteiger partial charge >= 0.3 is 0 Å². The minimum absolute atomic E-state index is 0.246. The first-order chi connectivity index (χ1) is 11.1. The van der Waals surface area contributed by atoms with Crippen molar-refractivity contribution in [2.45, 2.75) is 12.8 Å². The molecule has 23 heavy (non-hydrogen) atoms. The van der Waals surface area contributed by atoms with Crippen molar-refractivity contribution >= 4 is 23.4 Å². The van der Waals surface area contributed by atoms with Crippen molar-refractivity contribution in [2.24, 2.45) is 0 Å². The summed E-state index contributed by atoms with van der Waals surface area (Å²) < 4.78 is 5.13. The summed E-state index contributed by atoms with van der Waals surface area (Å²) in [4.78, 5) is 23.7. The number of methoxy groups -OCH3 is 1. The van der Waals surface area contributed by atoms with Crippen molar-refractivity contribution in [2.75, 3.05) is 7.11 Å². The summed E-state index contributed by atoms with van der Waals surface area (Å²) in [6, 6.07) is 14.1. The molecule has 2 amide bonds. The maximum Gasteiger partial charge on any atom is 0.271 e. The van der Waals surface area contributed by atoms with Gasteiger partial charge in [-0.2, -0.15) is 0 Å². The van der Waals surface area contributed by atoms with E-state index in [9.17, 15) is 9.59 Å². The van der Waals surface area contributed by atoms with E-state index in [4.69, 9.17) is 16.3 Å². The van der Waals surface area contributed by atoms with E-state index in [0.29, 0.717) is 17.0 Å². The van der Waals surface area contributed by atoms with Gasteiger partial charge in [0.2, 0.25) is 5.91 Å². The maximum atomic E-state index is 11.9. The van der Waals surface area contributed by atoms with Crippen LogP contribution < -0.4 is 15.6 Å². The second-order valence-electron chi connectivity index (χ2n) is 4.83. The van der Waals surface area contributed by atoms with E-state index in [1.165, 1.54) is 0 Å². The largest absolute Gasteiger partial charge is 0.497 e. The number of ether oxygens (including phenoxy) is 1. The number of hydrazine groups is 1. The summed E-state index contributed by atoms with van der Waals surface area (Å²) in [7, 11) is 1.59. The zero-order chi connectivity index (χ0) is 16.7. The molecule has 0 heterocycles. The molecule has 0 aromatic heterocycles. The number of nitrogens with one attached hydrogen (secondary N) is 2. The van der Waals surface area contributed by atoms with E-state index in [1.807, 2.05) is 24.3 Å². The average Bonchev–Trinajstić information content (AvgIpc) is 2.58. The third kappa shape index (κ3) is 5.00. The van der Waals surface area contributed by atoms with Crippen LogP contribution in [0.5, 0.6) is 5.75 Å². The molecular formula is C17H17ClN2O3. The predicted molar refractivity (Wildman–Crippen MR) is 88.4 cm³/mol. The van der Waals surface area contributed by atoms with E-state index in [2.05, 4.69) is 10.9 Å². The van der Waals surface area contributed by atoms with Crippen molar-refractivity contribution in [1.82, 2.24) is 10.9 Å². The fourth-order valence-corrected chi connectivity index (χ4v) is 2.21. The van der Waals surface area contributed by atoms with Crippen molar-refractivity contribution < 1.29 is 14.3 Å². The normalized spacial score (nSPS) is 10.0. The Hall–Kier alpha value is -2.53. The van der Waals surface area contributed by atoms with Crippen LogP contribution in [0.2, 0.25) is 5.02 Å². The van der Waals surface area contributed by atoms with Crippen molar-refractivity contribution in [1.29, 1.82) is 0 Å². The SMILES string of the molecule is COc1cccc(CCC(=O)NNC(=O)c2ccccc2Cl)c1. The average molecular weight is 333 g/mol. The van der Waals surface area contributed by atoms with E-state index in [0.717, 1.165) is 11.3 Å². The molecule has 2 N–H and O–H groups in total. The number of halogens is 1. The summed E-state index contributed by atoms with van der Waals surface area (Å²) in [5, 5.41) is 0.329. The Bertz CT molecular complexity index is 704. The number of aryl methyl sites for hydroxylation is 1. The number of hydrogen-bond acceptors (Lipinski definition) is 3. The summed E-state index contributed by atoms with van der Waals surface area (Å²) in [6.45, 7) is 0. The van der Waals surface area contributed by atoms with Crippen molar-refractivity contribution in [3.05, 3.63) is 64.7 Å². The first kappa shape index (κ1) is 16.8. The van der Waals surface area contributed by atoms with Gasteiger partial charge in [0.1, 0.15) is 5.75 Å². The third-order valence-electron chi connectivity index (χ3n) is 3.21. The highest BCUT2D eigenvalue weighted by molar-refractivity contribution is 6.33. The Labute approximate surface area is 139 Å². The summed E-state index contributed by atoms with van der Waals surface area (Å²) in [6.07, 6.45) is 0.793. The van der Waals surface area contributed by atoms with Crippen molar-refractivity contribution in [3.63, 3.8) is 0 Å². The lowest BCUT2D eigenvalue weighted by atomic mass is 10.1. The number of hydrogen-bond donors (Lipinski definition) is 2. The molecule has 0 radical (unpaired) electrons. The zero-order valence-electron chi connectivity index (χ0n) is 12.6. The molecule has 0 bridgehead atoms. The molecule has 0 aliphatic carbocycles. The smallest absolute Gasteiger partial charge is 0.271 e. The molecule has 5 nitrogen and oxygen atoms in total. The number of benzene rings is 2. The number of carbonyl (C=O) groups is 2. The Morgan fingerprint density at radius 1 is 1.09 bits per heavy atom. The molecule has 0 unspecified atom stereocenters. The van der Waals surface area contributed by atoms with Crippen LogP contribution in [0.15, 0.2) is 48.5 Å². The van der Waals surface area contributed by atoms with Gasteiger partial charge in [-0.1, -0.05) is 35.9 Å². The molecule has 2 rings (SSSR count). The van der Waals surface area contributed by atoms with Gasteiger partial charge in [-0.25, -0.2) is 0 Å². The monoisotopic (exact) mass is 332 g/mol. The number of amides is 2. The number of carbonyl (C=O) groups excluding carboxylic acids is 2. The lowest BCUT2D eigenvalue weighted by Crippen LogP contribution is -2.41. The van der Waals surface area contributed by atoms with Gasteiger partial charge in [0, 0.05) is 6.42 Å². The highest BCUT2D eigenvalue weighted by Gasteiger charge is 2.10. The third-order valence-corrected chi connectivity index (χ3v) is 3.54. The Morgan fingerprint density at radius 2 is 1.87 bits per heavy atom. The fourth-order valence-electron chi connectivity index (χ4n) is 1.99. The second-order valence-corrected chi connectivity index (χ2v) is 5.24. The molecule has 0 saturated heterocycles. The molecule has 0 aliphatic rings. The minimum Gasteiger partial charge on any atom is -0.497 e. The number of rotatable bonds is 5. The zero-order valence-corrected chi connectivity index (χ0v) is 13.4. The van der Waals surface area contributed by atoms with Crippen LogP contribution in [0.3, 0.4) is 0 Å². The molecular weight excluding hydrogens is 316 g/mol. The van der Waals surface area contributed by atoms with Gasteiger partial charge in [0.25, 0.3) is 5.91 Å². The van der Waals surface area contributed by atoms with Crippen LogP contribution in [0.4, 0.5) is 0 Å². The van der Waals surface area contributed by atoms with E-state index in [1.54, 1.807) is 31.4 Å². The van der Waals surface area contributed by atoms with Gasteiger partial charge in [0.05, 0.1) is 17.7 Å². The Balaban J connectivity index is 1.81. The molecule has 6 heteroatoms.